The van der Waals surface area contributed by atoms with Gasteiger partial charge in [0.05, 0.1) is 29.7 Å². The van der Waals surface area contributed by atoms with Gasteiger partial charge in [-0.3, -0.25) is 4.79 Å². The van der Waals surface area contributed by atoms with Gasteiger partial charge in [0.25, 0.3) is 0 Å². The number of benzene rings is 1. The van der Waals surface area contributed by atoms with Crippen molar-refractivity contribution in [2.45, 2.75) is 9.65 Å². The van der Waals surface area contributed by atoms with Crippen molar-refractivity contribution >= 4 is 37.8 Å². The molecule has 4 nitrogen and oxygen atoms in total. The zero-order valence-corrected chi connectivity index (χ0v) is 13.9. The molecule has 106 valence electrons. The van der Waals surface area contributed by atoms with Crippen molar-refractivity contribution in [3.05, 3.63) is 35.4 Å². The van der Waals surface area contributed by atoms with Crippen LogP contribution in [0, 0.1) is 11.3 Å². The van der Waals surface area contributed by atoms with Gasteiger partial charge < -0.3 is 9.64 Å². The van der Waals surface area contributed by atoms with Gasteiger partial charge in [-0.05, 0) is 17.7 Å². The molecule has 0 saturated carbocycles. The van der Waals surface area contributed by atoms with E-state index in [0.29, 0.717) is 31.9 Å². The van der Waals surface area contributed by atoms with E-state index in [4.69, 9.17) is 10.00 Å². The summed E-state index contributed by atoms with van der Waals surface area (Å²) in [5, 5.41) is 8.79. The second-order valence-electron chi connectivity index (χ2n) is 4.47. The number of carbonyl (C=O) groups excluding carboxylic acids is 1. The first-order valence-corrected chi connectivity index (χ1v) is 8.11. The number of hydrogen-bond donors (Lipinski definition) is 0. The number of alkyl halides is 2. The minimum Gasteiger partial charge on any atom is -0.378 e. The lowest BCUT2D eigenvalue weighted by molar-refractivity contribution is -0.134. The molecule has 6 heteroatoms. The number of halogens is 2. The highest BCUT2D eigenvalue weighted by molar-refractivity contribution is 9.12. The SMILES string of the molecule is N#Cc1ccc(C(Br)C(Br)C(=O)N2CCOCC2)cc1. The second kappa shape index (κ2) is 7.21. The van der Waals surface area contributed by atoms with Gasteiger partial charge in [0.1, 0.15) is 4.83 Å². The van der Waals surface area contributed by atoms with Crippen LogP contribution < -0.4 is 0 Å². The molecule has 2 rings (SSSR count). The summed E-state index contributed by atoms with van der Waals surface area (Å²) in [6.45, 7) is 2.45. The number of nitriles is 1. The van der Waals surface area contributed by atoms with E-state index in [9.17, 15) is 4.79 Å². The number of rotatable bonds is 3. The minimum atomic E-state index is -0.339. The first-order valence-electron chi connectivity index (χ1n) is 6.28. The van der Waals surface area contributed by atoms with Crippen molar-refractivity contribution in [2.24, 2.45) is 0 Å². The minimum absolute atomic E-state index is 0.0551. The van der Waals surface area contributed by atoms with Crippen LogP contribution in [-0.4, -0.2) is 41.9 Å². The molecule has 0 aliphatic carbocycles. The topological polar surface area (TPSA) is 53.3 Å². The van der Waals surface area contributed by atoms with Crippen LogP contribution >= 0.6 is 31.9 Å². The number of carbonyl (C=O) groups is 1. The third-order valence-electron chi connectivity index (χ3n) is 3.17. The van der Waals surface area contributed by atoms with Crippen molar-refractivity contribution in [1.82, 2.24) is 4.90 Å². The monoisotopic (exact) mass is 400 g/mol. The van der Waals surface area contributed by atoms with E-state index in [-0.39, 0.29) is 15.6 Å². The number of morpholine rings is 1. The van der Waals surface area contributed by atoms with Crippen molar-refractivity contribution in [3.63, 3.8) is 0 Å². The lowest BCUT2D eigenvalue weighted by Gasteiger charge is -2.30. The molecule has 1 fully saturated rings. The Morgan fingerprint density at radius 2 is 1.85 bits per heavy atom. The van der Waals surface area contributed by atoms with Crippen LogP contribution in [0.25, 0.3) is 0 Å². The number of nitrogens with zero attached hydrogens (tertiary/aromatic N) is 2. The van der Waals surface area contributed by atoms with Crippen molar-refractivity contribution < 1.29 is 9.53 Å². The molecule has 20 heavy (non-hydrogen) atoms. The first kappa shape index (κ1) is 15.5. The average Bonchev–Trinajstić information content (AvgIpc) is 2.53. The molecule has 1 heterocycles. The van der Waals surface area contributed by atoms with Crippen LogP contribution in [0.1, 0.15) is 16.0 Å². The Morgan fingerprint density at radius 3 is 2.40 bits per heavy atom. The lowest BCUT2D eigenvalue weighted by atomic mass is 10.1. The average molecular weight is 402 g/mol. The molecule has 1 aromatic rings. The van der Waals surface area contributed by atoms with Crippen molar-refractivity contribution in [1.29, 1.82) is 5.26 Å². The first-order chi connectivity index (χ1) is 9.63. The van der Waals surface area contributed by atoms with Gasteiger partial charge in [0.15, 0.2) is 0 Å². The lowest BCUT2D eigenvalue weighted by Crippen LogP contribution is -2.45. The van der Waals surface area contributed by atoms with Crippen molar-refractivity contribution in [3.8, 4) is 6.07 Å². The molecule has 1 aromatic carbocycles. The van der Waals surface area contributed by atoms with Gasteiger partial charge in [-0.15, -0.1) is 0 Å². The summed E-state index contributed by atoms with van der Waals surface area (Å²) in [5.74, 6) is 0.0551. The second-order valence-corrected chi connectivity index (χ2v) is 6.45. The maximum Gasteiger partial charge on any atom is 0.238 e. The molecule has 1 saturated heterocycles. The third kappa shape index (κ3) is 3.60. The largest absolute Gasteiger partial charge is 0.378 e. The van der Waals surface area contributed by atoms with Gasteiger partial charge in [-0.2, -0.15) is 5.26 Å². The molecule has 0 aromatic heterocycles. The molecular weight excluding hydrogens is 388 g/mol. The molecule has 0 radical (unpaired) electrons. The predicted octanol–water partition coefficient (Wildman–Crippen LogP) is 2.62. The predicted molar refractivity (Wildman–Crippen MR) is 82.9 cm³/mol. The van der Waals surface area contributed by atoms with Crippen LogP contribution in [0.5, 0.6) is 0 Å². The summed E-state index contributed by atoms with van der Waals surface area (Å²) >= 11 is 7.03. The summed E-state index contributed by atoms with van der Waals surface area (Å²) in [5.41, 5.74) is 1.58. The van der Waals surface area contributed by atoms with Gasteiger partial charge in [0.2, 0.25) is 5.91 Å². The van der Waals surface area contributed by atoms with E-state index < -0.39 is 0 Å². The highest BCUT2D eigenvalue weighted by Crippen LogP contribution is 2.32. The molecule has 0 spiro atoms. The molecule has 0 bridgehead atoms. The van der Waals surface area contributed by atoms with Crippen LogP contribution in [0.3, 0.4) is 0 Å². The van der Waals surface area contributed by atoms with Crippen molar-refractivity contribution in [2.75, 3.05) is 26.3 Å². The Hall–Kier alpha value is -0.900. The van der Waals surface area contributed by atoms with E-state index in [1.807, 2.05) is 12.1 Å². The summed E-state index contributed by atoms with van der Waals surface area (Å²) in [6, 6.07) is 9.31. The molecule has 2 unspecified atom stereocenters. The zero-order chi connectivity index (χ0) is 14.5. The Bertz CT molecular complexity index is 507. The third-order valence-corrected chi connectivity index (χ3v) is 5.86. The smallest absolute Gasteiger partial charge is 0.238 e. The van der Waals surface area contributed by atoms with Crippen LogP contribution in [0.2, 0.25) is 0 Å². The van der Waals surface area contributed by atoms with Gasteiger partial charge in [-0.25, -0.2) is 0 Å². The van der Waals surface area contributed by atoms with E-state index in [1.54, 1.807) is 17.0 Å². The maximum absolute atomic E-state index is 12.4. The summed E-state index contributed by atoms with van der Waals surface area (Å²) in [7, 11) is 0. The molecule has 0 N–H and O–H groups in total. The van der Waals surface area contributed by atoms with Crippen LogP contribution in [0.15, 0.2) is 24.3 Å². The van der Waals surface area contributed by atoms with E-state index in [2.05, 4.69) is 37.9 Å². The van der Waals surface area contributed by atoms with Crippen LogP contribution in [-0.2, 0) is 9.53 Å². The summed E-state index contributed by atoms with van der Waals surface area (Å²) in [4.78, 5) is 13.7. The van der Waals surface area contributed by atoms with Gasteiger partial charge in [-0.1, -0.05) is 44.0 Å². The highest BCUT2D eigenvalue weighted by Gasteiger charge is 2.29. The normalized spacial score (nSPS) is 18.1. The fourth-order valence-electron chi connectivity index (χ4n) is 1.99. The molecule has 1 aliphatic rings. The number of ether oxygens (including phenoxy) is 1. The van der Waals surface area contributed by atoms with Gasteiger partial charge >= 0.3 is 0 Å². The fourth-order valence-corrected chi connectivity index (χ4v) is 3.12. The Morgan fingerprint density at radius 1 is 1.25 bits per heavy atom. The summed E-state index contributed by atoms with van der Waals surface area (Å²) in [6.07, 6.45) is 0. The van der Waals surface area contributed by atoms with Gasteiger partial charge in [0, 0.05) is 13.1 Å². The number of amides is 1. The standard InChI is InChI=1S/C14H14Br2N2O2/c15-12(11-3-1-10(9-17)2-4-11)13(16)14(19)18-5-7-20-8-6-18/h1-4,12-13H,5-8H2. The van der Waals surface area contributed by atoms with Crippen LogP contribution in [0.4, 0.5) is 0 Å². The fraction of sp³-hybridized carbons (Fsp3) is 0.429. The van der Waals surface area contributed by atoms with E-state index >= 15 is 0 Å². The molecule has 2 atom stereocenters. The quantitative estimate of drug-likeness (QED) is 0.731. The molecule has 1 amide bonds. The molecular formula is C14H14Br2N2O2. The Balaban J connectivity index is 2.04. The molecule has 1 aliphatic heterocycles. The summed E-state index contributed by atoms with van der Waals surface area (Å²) < 4.78 is 5.25. The Labute approximate surface area is 135 Å². The van der Waals surface area contributed by atoms with E-state index in [1.165, 1.54) is 0 Å². The number of hydrogen-bond acceptors (Lipinski definition) is 3. The van der Waals surface area contributed by atoms with E-state index in [0.717, 1.165) is 5.56 Å². The highest BCUT2D eigenvalue weighted by atomic mass is 79.9. The Kier molecular flexibility index (Phi) is 5.58. The maximum atomic E-state index is 12.4. The zero-order valence-electron chi connectivity index (χ0n) is 10.8.